The van der Waals surface area contributed by atoms with Gasteiger partial charge in [-0.1, -0.05) is 11.6 Å². The highest BCUT2D eigenvalue weighted by atomic mass is 35.5. The van der Waals surface area contributed by atoms with Gasteiger partial charge in [0.2, 0.25) is 0 Å². The number of ether oxygens (including phenoxy) is 1. The molecule has 0 amide bonds. The van der Waals surface area contributed by atoms with Gasteiger partial charge in [-0.2, -0.15) is 26.3 Å². The van der Waals surface area contributed by atoms with E-state index in [1.807, 2.05) is 0 Å². The minimum absolute atomic E-state index is 0.385. The van der Waals surface area contributed by atoms with E-state index in [2.05, 4.69) is 4.74 Å². The van der Waals surface area contributed by atoms with Crippen LogP contribution in [0.3, 0.4) is 0 Å². The topological polar surface area (TPSA) is 9.23 Å². The SMILES string of the molecule is COc1c(C(F)(F)F)cc(Cl)cc1C(F)(F)F. The molecule has 0 spiro atoms. The number of rotatable bonds is 1. The van der Waals surface area contributed by atoms with Crippen LogP contribution in [0.5, 0.6) is 5.75 Å². The summed E-state index contributed by atoms with van der Waals surface area (Å²) in [6.45, 7) is 0. The van der Waals surface area contributed by atoms with Gasteiger partial charge in [-0.15, -0.1) is 0 Å². The Labute approximate surface area is 96.9 Å². The standard InChI is InChI=1S/C9H5ClF6O/c1-17-7-5(8(11,12)13)2-4(10)3-6(7)9(14,15)16/h2-3H,1H3. The first-order valence-electron chi connectivity index (χ1n) is 4.09. The zero-order valence-corrected chi connectivity index (χ0v) is 8.96. The van der Waals surface area contributed by atoms with E-state index in [0.29, 0.717) is 12.1 Å². The maximum atomic E-state index is 12.5. The van der Waals surface area contributed by atoms with Crippen molar-refractivity contribution < 1.29 is 31.1 Å². The van der Waals surface area contributed by atoms with Crippen LogP contribution in [-0.2, 0) is 12.4 Å². The van der Waals surface area contributed by atoms with E-state index < -0.39 is 34.3 Å². The van der Waals surface area contributed by atoms with Crippen molar-refractivity contribution >= 4 is 11.6 Å². The zero-order valence-electron chi connectivity index (χ0n) is 8.21. The predicted molar refractivity (Wildman–Crippen MR) is 48.0 cm³/mol. The van der Waals surface area contributed by atoms with Gasteiger partial charge >= 0.3 is 12.4 Å². The second-order valence-electron chi connectivity index (χ2n) is 3.03. The lowest BCUT2D eigenvalue weighted by Crippen LogP contribution is -2.14. The minimum atomic E-state index is -4.98. The van der Waals surface area contributed by atoms with Crippen LogP contribution in [0.1, 0.15) is 11.1 Å². The van der Waals surface area contributed by atoms with E-state index in [1.54, 1.807) is 0 Å². The first-order chi connectivity index (χ1) is 7.57. The van der Waals surface area contributed by atoms with Crippen molar-refractivity contribution in [3.05, 3.63) is 28.3 Å². The Hall–Kier alpha value is -1.11. The highest BCUT2D eigenvalue weighted by molar-refractivity contribution is 6.30. The van der Waals surface area contributed by atoms with Crippen molar-refractivity contribution in [3.63, 3.8) is 0 Å². The molecule has 8 heteroatoms. The summed E-state index contributed by atoms with van der Waals surface area (Å²) in [7, 11) is 0.730. The first-order valence-corrected chi connectivity index (χ1v) is 4.47. The smallest absolute Gasteiger partial charge is 0.420 e. The lowest BCUT2D eigenvalue weighted by Gasteiger charge is -2.17. The summed E-state index contributed by atoms with van der Waals surface area (Å²) in [5.74, 6) is -1.28. The molecule has 17 heavy (non-hydrogen) atoms. The Morgan fingerprint density at radius 2 is 1.29 bits per heavy atom. The van der Waals surface area contributed by atoms with Gasteiger partial charge in [-0.05, 0) is 12.1 Å². The Kier molecular flexibility index (Phi) is 3.52. The summed E-state index contributed by atoms with van der Waals surface area (Å²) in [4.78, 5) is 0. The summed E-state index contributed by atoms with van der Waals surface area (Å²) in [5, 5.41) is -0.662. The van der Waals surface area contributed by atoms with Crippen molar-refractivity contribution in [2.24, 2.45) is 0 Å². The molecule has 0 aliphatic heterocycles. The maximum Gasteiger partial charge on any atom is 0.420 e. The minimum Gasteiger partial charge on any atom is -0.495 e. The molecule has 0 radical (unpaired) electrons. The van der Waals surface area contributed by atoms with Gasteiger partial charge < -0.3 is 4.74 Å². The molecule has 1 aromatic rings. The highest BCUT2D eigenvalue weighted by Crippen LogP contribution is 2.45. The van der Waals surface area contributed by atoms with Gasteiger partial charge in [0.05, 0.1) is 18.2 Å². The summed E-state index contributed by atoms with van der Waals surface area (Å²) < 4.78 is 79.1. The van der Waals surface area contributed by atoms with Crippen molar-refractivity contribution in [1.82, 2.24) is 0 Å². The predicted octanol–water partition coefficient (Wildman–Crippen LogP) is 4.39. The fourth-order valence-corrected chi connectivity index (χ4v) is 1.45. The average molecular weight is 279 g/mol. The van der Waals surface area contributed by atoms with E-state index in [1.165, 1.54) is 0 Å². The van der Waals surface area contributed by atoms with Crippen LogP contribution in [0.15, 0.2) is 12.1 Å². The molecule has 1 rings (SSSR count). The third-order valence-electron chi connectivity index (χ3n) is 1.87. The lowest BCUT2D eigenvalue weighted by atomic mass is 10.1. The molecule has 0 aromatic heterocycles. The molecule has 1 nitrogen and oxygen atoms in total. The summed E-state index contributed by atoms with van der Waals surface area (Å²) in [6.07, 6.45) is -9.95. The number of halogens is 7. The Morgan fingerprint density at radius 1 is 0.941 bits per heavy atom. The van der Waals surface area contributed by atoms with Gasteiger partial charge in [0.1, 0.15) is 5.75 Å². The van der Waals surface area contributed by atoms with Crippen LogP contribution in [0.25, 0.3) is 0 Å². The number of hydrogen-bond acceptors (Lipinski definition) is 1. The average Bonchev–Trinajstić information content (AvgIpc) is 2.13. The Bertz CT molecular complexity index is 387. The first kappa shape index (κ1) is 14.0. The van der Waals surface area contributed by atoms with Crippen LogP contribution < -0.4 is 4.74 Å². The van der Waals surface area contributed by atoms with Crippen molar-refractivity contribution in [1.29, 1.82) is 0 Å². The summed E-state index contributed by atoms with van der Waals surface area (Å²) in [5.41, 5.74) is -3.11. The van der Waals surface area contributed by atoms with E-state index in [4.69, 9.17) is 11.6 Å². The zero-order chi connectivity index (χ0) is 13.4. The Balaban J connectivity index is 3.58. The fraction of sp³-hybridized carbons (Fsp3) is 0.333. The molecule has 0 aliphatic rings. The second kappa shape index (κ2) is 4.29. The molecule has 0 atom stereocenters. The normalized spacial score (nSPS) is 12.7. The molecule has 96 valence electrons. The molecular weight excluding hydrogens is 274 g/mol. The largest absolute Gasteiger partial charge is 0.495 e. The van der Waals surface area contributed by atoms with Crippen LogP contribution in [0.2, 0.25) is 5.02 Å². The van der Waals surface area contributed by atoms with Gasteiger partial charge in [0.25, 0.3) is 0 Å². The van der Waals surface area contributed by atoms with E-state index in [-0.39, 0.29) is 0 Å². The van der Waals surface area contributed by atoms with Crippen molar-refractivity contribution in [2.45, 2.75) is 12.4 Å². The molecule has 1 aromatic carbocycles. The lowest BCUT2D eigenvalue weighted by molar-refractivity contribution is -0.145. The third kappa shape index (κ3) is 2.96. The van der Waals surface area contributed by atoms with Crippen LogP contribution >= 0.6 is 11.6 Å². The second-order valence-corrected chi connectivity index (χ2v) is 3.47. The molecular formula is C9H5ClF6O. The highest BCUT2D eigenvalue weighted by Gasteiger charge is 2.42. The van der Waals surface area contributed by atoms with E-state index in [0.717, 1.165) is 7.11 Å². The number of methoxy groups -OCH3 is 1. The number of benzene rings is 1. The van der Waals surface area contributed by atoms with Gasteiger partial charge in [-0.3, -0.25) is 0 Å². The molecule has 0 saturated heterocycles. The molecule has 0 aliphatic carbocycles. The van der Waals surface area contributed by atoms with Crippen LogP contribution in [0.4, 0.5) is 26.3 Å². The molecule has 0 fully saturated rings. The van der Waals surface area contributed by atoms with Crippen LogP contribution in [-0.4, -0.2) is 7.11 Å². The number of hydrogen-bond donors (Lipinski definition) is 0. The number of alkyl halides is 6. The van der Waals surface area contributed by atoms with Crippen molar-refractivity contribution in [3.8, 4) is 5.75 Å². The molecule has 0 saturated carbocycles. The molecule has 0 unspecified atom stereocenters. The van der Waals surface area contributed by atoms with Gasteiger partial charge in [-0.25, -0.2) is 0 Å². The summed E-state index contributed by atoms with van der Waals surface area (Å²) in [6, 6.07) is 0.769. The summed E-state index contributed by atoms with van der Waals surface area (Å²) >= 11 is 5.24. The maximum absolute atomic E-state index is 12.5. The molecule has 0 heterocycles. The monoisotopic (exact) mass is 278 g/mol. The third-order valence-corrected chi connectivity index (χ3v) is 2.09. The quantitative estimate of drug-likeness (QED) is 0.693. The van der Waals surface area contributed by atoms with E-state index >= 15 is 0 Å². The van der Waals surface area contributed by atoms with Gasteiger partial charge in [0, 0.05) is 5.02 Å². The molecule has 0 N–H and O–H groups in total. The Morgan fingerprint density at radius 3 is 1.53 bits per heavy atom. The fourth-order valence-electron chi connectivity index (χ4n) is 1.23. The van der Waals surface area contributed by atoms with E-state index in [9.17, 15) is 26.3 Å². The van der Waals surface area contributed by atoms with Gasteiger partial charge in [0.15, 0.2) is 0 Å². The molecule has 0 bridgehead atoms. The van der Waals surface area contributed by atoms with Crippen LogP contribution in [0, 0.1) is 0 Å². The van der Waals surface area contributed by atoms with Crippen molar-refractivity contribution in [2.75, 3.05) is 7.11 Å².